The first-order chi connectivity index (χ1) is 14.6. The van der Waals surface area contributed by atoms with Crippen LogP contribution in [0.3, 0.4) is 0 Å². The molecule has 2 aromatic rings. The van der Waals surface area contributed by atoms with E-state index >= 15 is 0 Å². The Bertz CT molecular complexity index is 899. The van der Waals surface area contributed by atoms with Crippen LogP contribution in [0.15, 0.2) is 30.7 Å². The Kier molecular flexibility index (Phi) is 6.80. The summed E-state index contributed by atoms with van der Waals surface area (Å²) in [6.45, 7) is 3.25. The average Bonchev–Trinajstić information content (AvgIpc) is 3.07. The number of aromatic nitrogens is 3. The van der Waals surface area contributed by atoms with Gasteiger partial charge in [0.2, 0.25) is 0 Å². The molecule has 1 spiro atoms. The SMILES string of the molecule is Cn1cc(CN2CC3(CC(Oc4ncccc4F)CCO3)C2)cn1.O=C(O)C(F)(F)F. The molecule has 2 aliphatic heterocycles. The van der Waals surface area contributed by atoms with Gasteiger partial charge in [0.05, 0.1) is 18.4 Å². The van der Waals surface area contributed by atoms with Gasteiger partial charge in [0.1, 0.15) is 6.10 Å². The molecule has 12 heteroatoms. The molecule has 0 aliphatic carbocycles. The van der Waals surface area contributed by atoms with Crippen LogP contribution in [0.5, 0.6) is 5.88 Å². The van der Waals surface area contributed by atoms with Crippen molar-refractivity contribution < 1.29 is 36.9 Å². The molecule has 1 atom stereocenters. The number of aliphatic carboxylic acids is 1. The predicted octanol–water partition coefficient (Wildman–Crippen LogP) is 2.40. The first-order valence-electron chi connectivity index (χ1n) is 9.47. The zero-order valence-electron chi connectivity index (χ0n) is 16.7. The highest BCUT2D eigenvalue weighted by atomic mass is 19.4. The van der Waals surface area contributed by atoms with E-state index in [1.165, 1.54) is 11.6 Å². The summed E-state index contributed by atoms with van der Waals surface area (Å²) in [6, 6.07) is 2.94. The summed E-state index contributed by atoms with van der Waals surface area (Å²) >= 11 is 0. The number of aryl methyl sites for hydroxylation is 1. The van der Waals surface area contributed by atoms with Crippen LogP contribution in [0, 0.1) is 5.82 Å². The smallest absolute Gasteiger partial charge is 0.475 e. The van der Waals surface area contributed by atoms with Gasteiger partial charge < -0.3 is 14.6 Å². The van der Waals surface area contributed by atoms with Crippen molar-refractivity contribution in [2.75, 3.05) is 19.7 Å². The predicted molar refractivity (Wildman–Crippen MR) is 98.7 cm³/mol. The highest BCUT2D eigenvalue weighted by molar-refractivity contribution is 5.73. The molecule has 2 aliphatic rings. The second-order valence-corrected chi connectivity index (χ2v) is 7.52. The highest BCUT2D eigenvalue weighted by Crippen LogP contribution is 2.36. The number of alkyl halides is 3. The molecule has 4 heterocycles. The number of likely N-dealkylation sites (tertiary alicyclic amines) is 1. The second kappa shape index (κ2) is 9.18. The maximum absolute atomic E-state index is 13.7. The van der Waals surface area contributed by atoms with Crippen molar-refractivity contribution in [3.8, 4) is 5.88 Å². The minimum Gasteiger partial charge on any atom is -0.475 e. The molecule has 31 heavy (non-hydrogen) atoms. The summed E-state index contributed by atoms with van der Waals surface area (Å²) in [4.78, 5) is 15.2. The van der Waals surface area contributed by atoms with Crippen LogP contribution in [-0.4, -0.2) is 68.3 Å². The molecule has 8 nitrogen and oxygen atoms in total. The van der Waals surface area contributed by atoms with E-state index in [0.29, 0.717) is 6.61 Å². The number of nitrogens with zero attached hydrogens (tertiary/aromatic N) is 4. The minimum atomic E-state index is -5.08. The Labute approximate surface area is 175 Å². The summed E-state index contributed by atoms with van der Waals surface area (Å²) in [5, 5.41) is 11.3. The number of ether oxygens (including phenoxy) is 2. The number of carboxylic acids is 1. The maximum atomic E-state index is 13.7. The lowest BCUT2D eigenvalue weighted by Crippen LogP contribution is -2.65. The largest absolute Gasteiger partial charge is 0.490 e. The van der Waals surface area contributed by atoms with Crippen LogP contribution >= 0.6 is 0 Å². The Morgan fingerprint density at radius 2 is 2.13 bits per heavy atom. The van der Waals surface area contributed by atoms with E-state index < -0.39 is 18.0 Å². The number of rotatable bonds is 4. The van der Waals surface area contributed by atoms with Crippen LogP contribution in [0.25, 0.3) is 0 Å². The van der Waals surface area contributed by atoms with Crippen molar-refractivity contribution >= 4 is 5.97 Å². The van der Waals surface area contributed by atoms with E-state index in [0.717, 1.165) is 32.5 Å². The Morgan fingerprint density at radius 3 is 2.71 bits per heavy atom. The fourth-order valence-corrected chi connectivity index (χ4v) is 3.61. The Morgan fingerprint density at radius 1 is 1.42 bits per heavy atom. The van der Waals surface area contributed by atoms with E-state index in [1.807, 2.05) is 24.1 Å². The number of hydrogen-bond donors (Lipinski definition) is 1. The van der Waals surface area contributed by atoms with Gasteiger partial charge in [-0.3, -0.25) is 9.58 Å². The summed E-state index contributed by atoms with van der Waals surface area (Å²) in [6.07, 6.45) is 1.87. The number of pyridine rings is 1. The molecule has 0 amide bonds. The third kappa shape index (κ3) is 6.14. The average molecular weight is 446 g/mol. The quantitative estimate of drug-likeness (QED) is 0.722. The number of halogens is 4. The number of carboxylic acid groups (broad SMARTS) is 1. The van der Waals surface area contributed by atoms with Crippen LogP contribution < -0.4 is 4.74 Å². The fourth-order valence-electron chi connectivity index (χ4n) is 3.61. The highest BCUT2D eigenvalue weighted by Gasteiger charge is 2.48. The molecule has 1 unspecified atom stereocenters. The van der Waals surface area contributed by atoms with Gasteiger partial charge in [-0.1, -0.05) is 0 Å². The minimum absolute atomic E-state index is 0.0521. The lowest BCUT2D eigenvalue weighted by atomic mass is 9.84. The fraction of sp³-hybridized carbons (Fsp3) is 0.526. The van der Waals surface area contributed by atoms with E-state index in [-0.39, 0.29) is 17.6 Å². The topological polar surface area (TPSA) is 89.7 Å². The van der Waals surface area contributed by atoms with Gasteiger partial charge in [-0.25, -0.2) is 14.2 Å². The van der Waals surface area contributed by atoms with Gasteiger partial charge in [-0.15, -0.1) is 0 Å². The zero-order chi connectivity index (χ0) is 22.6. The third-order valence-electron chi connectivity index (χ3n) is 4.88. The van der Waals surface area contributed by atoms with E-state index in [4.69, 9.17) is 19.4 Å². The summed E-state index contributed by atoms with van der Waals surface area (Å²) < 4.78 is 59.0. The second-order valence-electron chi connectivity index (χ2n) is 7.52. The molecule has 2 fully saturated rings. The summed E-state index contributed by atoms with van der Waals surface area (Å²) in [7, 11) is 1.92. The van der Waals surface area contributed by atoms with Crippen LogP contribution in [0.2, 0.25) is 0 Å². The molecule has 2 saturated heterocycles. The number of hydrogen-bond acceptors (Lipinski definition) is 6. The van der Waals surface area contributed by atoms with Gasteiger partial charge in [0.15, 0.2) is 5.82 Å². The van der Waals surface area contributed by atoms with Gasteiger partial charge >= 0.3 is 12.1 Å². The molecule has 0 bridgehead atoms. The van der Waals surface area contributed by atoms with Crippen molar-refractivity contribution in [2.45, 2.75) is 37.3 Å². The molecule has 0 radical (unpaired) electrons. The monoisotopic (exact) mass is 446 g/mol. The third-order valence-corrected chi connectivity index (χ3v) is 4.88. The Hall–Kier alpha value is -2.73. The molecule has 0 aromatic carbocycles. The van der Waals surface area contributed by atoms with Gasteiger partial charge in [0, 0.05) is 57.5 Å². The van der Waals surface area contributed by atoms with Gasteiger partial charge in [-0.2, -0.15) is 18.3 Å². The Balaban J connectivity index is 0.000000339. The van der Waals surface area contributed by atoms with Crippen molar-refractivity contribution in [1.82, 2.24) is 19.7 Å². The lowest BCUT2D eigenvalue weighted by Gasteiger charge is -2.53. The maximum Gasteiger partial charge on any atom is 0.490 e. The molecule has 2 aromatic heterocycles. The van der Waals surface area contributed by atoms with Crippen molar-refractivity contribution in [3.05, 3.63) is 42.1 Å². The standard InChI is InChI=1S/C17H21FN4O2.C2HF3O2/c1-21-9-13(8-20-21)10-22-11-17(12-22)7-14(4-6-23-17)24-16-15(18)3-2-5-19-16;3-2(4,5)1(6)7/h2-3,5,8-9,14H,4,6-7,10-12H2,1H3;(H,6,7). The van der Waals surface area contributed by atoms with Crippen LogP contribution in [0.1, 0.15) is 18.4 Å². The van der Waals surface area contributed by atoms with Crippen LogP contribution in [0.4, 0.5) is 17.6 Å². The first kappa shape index (κ1) is 22.9. The van der Waals surface area contributed by atoms with Gasteiger partial charge in [0.25, 0.3) is 5.88 Å². The number of carbonyl (C=O) groups is 1. The van der Waals surface area contributed by atoms with E-state index in [1.54, 1.807) is 12.3 Å². The van der Waals surface area contributed by atoms with E-state index in [2.05, 4.69) is 15.0 Å². The summed E-state index contributed by atoms with van der Waals surface area (Å²) in [5.74, 6) is -3.08. The molecular weight excluding hydrogens is 424 g/mol. The molecule has 170 valence electrons. The normalized spacial score (nSPS) is 20.5. The van der Waals surface area contributed by atoms with Gasteiger partial charge in [-0.05, 0) is 12.1 Å². The van der Waals surface area contributed by atoms with Crippen molar-refractivity contribution in [3.63, 3.8) is 0 Å². The lowest BCUT2D eigenvalue weighted by molar-refractivity contribution is -0.192. The molecular formula is C19H22F4N4O4. The first-order valence-corrected chi connectivity index (χ1v) is 9.47. The van der Waals surface area contributed by atoms with Crippen LogP contribution in [-0.2, 0) is 23.1 Å². The van der Waals surface area contributed by atoms with Crippen molar-refractivity contribution in [2.24, 2.45) is 7.05 Å². The summed E-state index contributed by atoms with van der Waals surface area (Å²) in [5.41, 5.74) is 1.03. The van der Waals surface area contributed by atoms with E-state index in [9.17, 15) is 17.6 Å². The van der Waals surface area contributed by atoms with Crippen molar-refractivity contribution in [1.29, 1.82) is 0 Å². The zero-order valence-corrected chi connectivity index (χ0v) is 16.7. The molecule has 0 saturated carbocycles. The molecule has 1 N–H and O–H groups in total. The molecule has 4 rings (SSSR count).